The highest BCUT2D eigenvalue weighted by Crippen LogP contribution is 2.43. The normalized spacial score (nSPS) is 42.5. The van der Waals surface area contributed by atoms with E-state index in [0.717, 1.165) is 18.4 Å². The van der Waals surface area contributed by atoms with Gasteiger partial charge in [-0.15, -0.1) is 0 Å². The molecule has 0 saturated heterocycles. The molecule has 1 saturated carbocycles. The first-order chi connectivity index (χ1) is 5.14. The molecule has 0 aromatic rings. The highest BCUT2D eigenvalue weighted by Gasteiger charge is 2.48. The Morgan fingerprint density at radius 1 is 1.64 bits per heavy atom. The van der Waals surface area contributed by atoms with Gasteiger partial charge in [0.1, 0.15) is 0 Å². The van der Waals surface area contributed by atoms with Gasteiger partial charge in [-0.25, -0.2) is 0 Å². The van der Waals surface area contributed by atoms with Crippen molar-refractivity contribution in [2.24, 2.45) is 16.6 Å². The summed E-state index contributed by atoms with van der Waals surface area (Å²) in [7, 11) is 2.05. The Kier molecular flexibility index (Phi) is 1.20. The largest absolute Gasteiger partial charge is 0.370 e. The molecule has 1 aliphatic heterocycles. The van der Waals surface area contributed by atoms with Gasteiger partial charge in [-0.1, -0.05) is 6.92 Å². The molecule has 0 aromatic heterocycles. The summed E-state index contributed by atoms with van der Waals surface area (Å²) in [6.07, 6.45) is 2.52. The number of nitrogens with two attached hydrogens (primary N) is 1. The van der Waals surface area contributed by atoms with Crippen LogP contribution in [0.4, 0.5) is 0 Å². The van der Waals surface area contributed by atoms with E-state index in [1.54, 1.807) is 0 Å². The molecule has 3 nitrogen and oxygen atoms in total. The minimum atomic E-state index is 0.323. The molecule has 2 aliphatic rings. The second kappa shape index (κ2) is 1.90. The smallest absolute Gasteiger partial charge is 0.191 e. The van der Waals surface area contributed by atoms with Gasteiger partial charge in [0.2, 0.25) is 0 Å². The first kappa shape index (κ1) is 6.95. The lowest BCUT2D eigenvalue weighted by molar-refractivity contribution is 0.0675. The predicted octanol–water partition coefficient (Wildman–Crippen LogP) is 0.415. The van der Waals surface area contributed by atoms with Crippen LogP contribution < -0.4 is 5.73 Å². The molecule has 1 heterocycles. The van der Waals surface area contributed by atoms with E-state index in [4.69, 9.17) is 5.73 Å². The van der Waals surface area contributed by atoms with Crippen molar-refractivity contribution < 1.29 is 0 Å². The van der Waals surface area contributed by atoms with Crippen molar-refractivity contribution in [2.45, 2.75) is 25.3 Å². The van der Waals surface area contributed by atoms with Crippen molar-refractivity contribution in [2.75, 3.05) is 13.6 Å². The Bertz CT molecular complexity index is 203. The third kappa shape index (κ3) is 0.767. The second-order valence-corrected chi connectivity index (χ2v) is 3.97. The Morgan fingerprint density at radius 3 is 2.64 bits per heavy atom. The van der Waals surface area contributed by atoms with Crippen molar-refractivity contribution in [3.8, 4) is 0 Å². The molecular weight excluding hydrogens is 138 g/mol. The number of aliphatic imine (C=N–C) groups is 1. The standard InChI is InChI=1S/C8H15N3/c1-6-3-8(4-6)5-10-7(9)11(8)2/h6H,3-5H2,1-2H3,(H2,9,10). The van der Waals surface area contributed by atoms with Gasteiger partial charge in [-0.05, 0) is 18.8 Å². The summed E-state index contributed by atoms with van der Waals surface area (Å²) >= 11 is 0. The van der Waals surface area contributed by atoms with E-state index in [1.165, 1.54) is 12.8 Å². The maximum Gasteiger partial charge on any atom is 0.191 e. The van der Waals surface area contributed by atoms with Crippen LogP contribution >= 0.6 is 0 Å². The van der Waals surface area contributed by atoms with Gasteiger partial charge >= 0.3 is 0 Å². The molecule has 1 fully saturated rings. The average molecular weight is 153 g/mol. The van der Waals surface area contributed by atoms with Crippen molar-refractivity contribution in [3.63, 3.8) is 0 Å². The summed E-state index contributed by atoms with van der Waals surface area (Å²) in [5, 5.41) is 0. The van der Waals surface area contributed by atoms with E-state index in [9.17, 15) is 0 Å². The van der Waals surface area contributed by atoms with E-state index >= 15 is 0 Å². The third-order valence-corrected chi connectivity index (χ3v) is 3.05. The van der Waals surface area contributed by atoms with Crippen LogP contribution in [-0.2, 0) is 0 Å². The predicted molar refractivity (Wildman–Crippen MR) is 45.4 cm³/mol. The van der Waals surface area contributed by atoms with Crippen LogP contribution in [0.15, 0.2) is 4.99 Å². The molecule has 3 heteroatoms. The lowest BCUT2D eigenvalue weighted by atomic mass is 9.69. The summed E-state index contributed by atoms with van der Waals surface area (Å²) in [4.78, 5) is 6.39. The molecule has 0 unspecified atom stereocenters. The molecule has 0 bridgehead atoms. The van der Waals surface area contributed by atoms with Crippen LogP contribution in [0.1, 0.15) is 19.8 Å². The number of hydrogen-bond donors (Lipinski definition) is 1. The zero-order valence-electron chi connectivity index (χ0n) is 7.17. The van der Waals surface area contributed by atoms with E-state index in [1.807, 2.05) is 0 Å². The fraction of sp³-hybridized carbons (Fsp3) is 0.875. The first-order valence-corrected chi connectivity index (χ1v) is 4.18. The molecule has 11 heavy (non-hydrogen) atoms. The lowest BCUT2D eigenvalue weighted by Gasteiger charge is -2.48. The molecule has 0 radical (unpaired) electrons. The van der Waals surface area contributed by atoms with E-state index in [2.05, 4.69) is 23.9 Å². The van der Waals surface area contributed by atoms with Crippen LogP contribution in [0.25, 0.3) is 0 Å². The maximum absolute atomic E-state index is 5.68. The summed E-state index contributed by atoms with van der Waals surface area (Å²) in [5.74, 6) is 1.58. The molecule has 1 spiro atoms. The van der Waals surface area contributed by atoms with Crippen molar-refractivity contribution in [1.82, 2.24) is 4.90 Å². The lowest BCUT2D eigenvalue weighted by Crippen LogP contribution is -2.56. The van der Waals surface area contributed by atoms with Gasteiger partial charge < -0.3 is 10.6 Å². The van der Waals surface area contributed by atoms with E-state index in [-0.39, 0.29) is 0 Å². The minimum Gasteiger partial charge on any atom is -0.370 e. The van der Waals surface area contributed by atoms with Crippen molar-refractivity contribution in [3.05, 3.63) is 0 Å². The number of hydrogen-bond acceptors (Lipinski definition) is 3. The van der Waals surface area contributed by atoms with Crippen molar-refractivity contribution >= 4 is 5.96 Å². The molecular formula is C8H15N3. The topological polar surface area (TPSA) is 41.6 Å². The van der Waals surface area contributed by atoms with Crippen LogP contribution in [0.5, 0.6) is 0 Å². The molecule has 0 aromatic carbocycles. The SMILES string of the molecule is CC1CC2(CN=C(N)N2C)C1. The molecule has 2 rings (SSSR count). The summed E-state index contributed by atoms with van der Waals surface area (Å²) in [6.45, 7) is 3.20. The molecule has 2 N–H and O–H groups in total. The molecule has 1 aliphatic carbocycles. The fourth-order valence-corrected chi connectivity index (χ4v) is 2.32. The Morgan fingerprint density at radius 2 is 2.27 bits per heavy atom. The number of guanidine groups is 1. The average Bonchev–Trinajstić information content (AvgIpc) is 2.16. The van der Waals surface area contributed by atoms with Gasteiger partial charge in [0.05, 0.1) is 12.1 Å². The first-order valence-electron chi connectivity index (χ1n) is 4.18. The van der Waals surface area contributed by atoms with Gasteiger partial charge in [0.25, 0.3) is 0 Å². The van der Waals surface area contributed by atoms with E-state index < -0.39 is 0 Å². The quantitative estimate of drug-likeness (QED) is 0.548. The Labute approximate surface area is 67.3 Å². The molecule has 62 valence electrons. The van der Waals surface area contributed by atoms with Crippen LogP contribution in [0, 0.1) is 5.92 Å². The number of nitrogens with zero attached hydrogens (tertiary/aromatic N) is 2. The van der Waals surface area contributed by atoms with Crippen LogP contribution in [0.2, 0.25) is 0 Å². The van der Waals surface area contributed by atoms with Crippen LogP contribution in [0.3, 0.4) is 0 Å². The highest BCUT2D eigenvalue weighted by atomic mass is 15.3. The summed E-state index contributed by atoms with van der Waals surface area (Å²) in [6, 6.07) is 0. The van der Waals surface area contributed by atoms with Crippen LogP contribution in [-0.4, -0.2) is 30.0 Å². The number of rotatable bonds is 0. The Balaban J connectivity index is 2.10. The molecule has 0 amide bonds. The van der Waals surface area contributed by atoms with E-state index in [0.29, 0.717) is 5.54 Å². The molecule has 0 atom stereocenters. The summed E-state index contributed by atoms with van der Waals surface area (Å²) in [5.41, 5.74) is 6.01. The second-order valence-electron chi connectivity index (χ2n) is 3.97. The van der Waals surface area contributed by atoms with Gasteiger partial charge in [0.15, 0.2) is 5.96 Å². The highest BCUT2D eigenvalue weighted by molar-refractivity contribution is 5.80. The Hall–Kier alpha value is -0.730. The minimum absolute atomic E-state index is 0.323. The van der Waals surface area contributed by atoms with Crippen molar-refractivity contribution in [1.29, 1.82) is 0 Å². The monoisotopic (exact) mass is 153 g/mol. The maximum atomic E-state index is 5.68. The zero-order valence-corrected chi connectivity index (χ0v) is 7.17. The third-order valence-electron chi connectivity index (χ3n) is 3.05. The number of likely N-dealkylation sites (N-methyl/N-ethyl adjacent to an activating group) is 1. The fourth-order valence-electron chi connectivity index (χ4n) is 2.32. The van der Waals surface area contributed by atoms with Gasteiger partial charge in [-0.3, -0.25) is 4.99 Å². The van der Waals surface area contributed by atoms with Gasteiger partial charge in [0, 0.05) is 7.05 Å². The van der Waals surface area contributed by atoms with Gasteiger partial charge in [-0.2, -0.15) is 0 Å². The summed E-state index contributed by atoms with van der Waals surface area (Å²) < 4.78 is 0. The zero-order chi connectivity index (χ0) is 8.06.